The van der Waals surface area contributed by atoms with E-state index in [1.807, 2.05) is 42.5 Å². The van der Waals surface area contributed by atoms with Gasteiger partial charge in [0, 0.05) is 5.39 Å². The van der Waals surface area contributed by atoms with E-state index >= 15 is 0 Å². The van der Waals surface area contributed by atoms with Crippen LogP contribution in [0.25, 0.3) is 22.0 Å². The van der Waals surface area contributed by atoms with Crippen LogP contribution in [0.2, 0.25) is 0 Å². The van der Waals surface area contributed by atoms with Gasteiger partial charge in [-0.2, -0.15) is 0 Å². The van der Waals surface area contributed by atoms with Gasteiger partial charge in [0.25, 0.3) is 0 Å². The lowest BCUT2D eigenvalue weighted by Gasteiger charge is -2.13. The lowest BCUT2D eigenvalue weighted by atomic mass is 9.94. The van der Waals surface area contributed by atoms with E-state index in [-0.39, 0.29) is 5.69 Å². The first-order chi connectivity index (χ1) is 10.1. The number of fused-ring (bicyclic) bond motifs is 1. The van der Waals surface area contributed by atoms with Gasteiger partial charge in [-0.1, -0.05) is 42.5 Å². The van der Waals surface area contributed by atoms with Crippen LogP contribution in [0.5, 0.6) is 0 Å². The molecule has 0 bridgehead atoms. The monoisotopic (exact) mass is 278 g/mol. The van der Waals surface area contributed by atoms with Crippen molar-refractivity contribution in [1.29, 1.82) is 0 Å². The molecule has 0 radical (unpaired) electrons. The normalized spacial score (nSPS) is 10.7. The molecule has 0 fully saturated rings. The number of hydrogen-bond donors (Lipinski definition) is 2. The highest BCUT2D eigenvalue weighted by molar-refractivity contribution is 6.05. The van der Waals surface area contributed by atoms with E-state index in [0.717, 1.165) is 16.5 Å². The Morgan fingerprint density at radius 1 is 1.10 bits per heavy atom. The van der Waals surface area contributed by atoms with Gasteiger partial charge in [-0.15, -0.1) is 0 Å². The SMILES string of the molecule is Cc1c(C(=O)O)nc2c(N)cccc2c1-c1ccccc1. The Labute approximate surface area is 121 Å². The average molecular weight is 278 g/mol. The molecule has 0 aliphatic rings. The summed E-state index contributed by atoms with van der Waals surface area (Å²) in [5, 5.41) is 10.2. The fraction of sp³-hybridized carbons (Fsp3) is 0.0588. The van der Waals surface area contributed by atoms with Crippen LogP contribution in [0.1, 0.15) is 16.1 Å². The molecule has 4 heteroatoms. The highest BCUT2D eigenvalue weighted by atomic mass is 16.4. The third-order valence-corrected chi connectivity index (χ3v) is 3.56. The van der Waals surface area contributed by atoms with Crippen molar-refractivity contribution in [3.8, 4) is 11.1 Å². The van der Waals surface area contributed by atoms with E-state index in [9.17, 15) is 9.90 Å². The van der Waals surface area contributed by atoms with Crippen molar-refractivity contribution in [2.45, 2.75) is 6.92 Å². The molecular weight excluding hydrogens is 264 g/mol. The summed E-state index contributed by atoms with van der Waals surface area (Å²) in [5.74, 6) is -1.05. The van der Waals surface area contributed by atoms with Crippen molar-refractivity contribution in [2.75, 3.05) is 5.73 Å². The molecule has 0 amide bonds. The van der Waals surface area contributed by atoms with E-state index in [2.05, 4.69) is 4.98 Å². The van der Waals surface area contributed by atoms with Crippen LogP contribution in [-0.2, 0) is 0 Å². The summed E-state index contributed by atoms with van der Waals surface area (Å²) in [4.78, 5) is 15.7. The first-order valence-electron chi connectivity index (χ1n) is 6.57. The van der Waals surface area contributed by atoms with Crippen LogP contribution in [0.4, 0.5) is 5.69 Å². The number of benzene rings is 2. The predicted molar refractivity (Wildman–Crippen MR) is 83.3 cm³/mol. The van der Waals surface area contributed by atoms with Crippen molar-refractivity contribution < 1.29 is 9.90 Å². The first kappa shape index (κ1) is 13.1. The minimum atomic E-state index is -1.05. The molecule has 1 aromatic heterocycles. The Kier molecular flexibility index (Phi) is 3.06. The lowest BCUT2D eigenvalue weighted by Crippen LogP contribution is -2.06. The molecule has 0 saturated heterocycles. The number of rotatable bonds is 2. The van der Waals surface area contributed by atoms with Crippen molar-refractivity contribution in [3.05, 3.63) is 59.8 Å². The number of hydrogen-bond acceptors (Lipinski definition) is 3. The highest BCUT2D eigenvalue weighted by Gasteiger charge is 2.18. The molecule has 0 aliphatic carbocycles. The topological polar surface area (TPSA) is 76.2 Å². The lowest BCUT2D eigenvalue weighted by molar-refractivity contribution is 0.0690. The zero-order valence-electron chi connectivity index (χ0n) is 11.5. The smallest absolute Gasteiger partial charge is 0.354 e. The Hall–Kier alpha value is -2.88. The Morgan fingerprint density at radius 3 is 2.48 bits per heavy atom. The second kappa shape index (κ2) is 4.90. The van der Waals surface area contributed by atoms with Crippen LogP contribution in [-0.4, -0.2) is 16.1 Å². The van der Waals surface area contributed by atoms with Crippen LogP contribution in [0, 0.1) is 6.92 Å². The molecule has 3 rings (SSSR count). The number of aromatic nitrogens is 1. The number of carboxylic acid groups (broad SMARTS) is 1. The number of carboxylic acids is 1. The van der Waals surface area contributed by atoms with Crippen molar-refractivity contribution in [2.24, 2.45) is 0 Å². The number of nitrogen functional groups attached to an aromatic ring is 1. The van der Waals surface area contributed by atoms with Gasteiger partial charge in [-0.25, -0.2) is 9.78 Å². The molecule has 1 heterocycles. The molecule has 0 saturated carbocycles. The molecule has 4 nitrogen and oxygen atoms in total. The molecule has 0 unspecified atom stereocenters. The van der Waals surface area contributed by atoms with Crippen LogP contribution in [0.15, 0.2) is 48.5 Å². The van der Waals surface area contributed by atoms with Gasteiger partial charge >= 0.3 is 5.97 Å². The maximum atomic E-state index is 11.5. The molecule has 0 atom stereocenters. The largest absolute Gasteiger partial charge is 0.477 e. The van der Waals surface area contributed by atoms with Gasteiger partial charge in [0.15, 0.2) is 5.69 Å². The van der Waals surface area contributed by atoms with Gasteiger partial charge in [0.1, 0.15) is 0 Å². The summed E-state index contributed by atoms with van der Waals surface area (Å²) in [7, 11) is 0. The third kappa shape index (κ3) is 2.10. The number of pyridine rings is 1. The standard InChI is InChI=1S/C17H14N2O2/c1-10-14(11-6-3-2-4-7-11)12-8-5-9-13(18)16(12)19-15(10)17(20)21/h2-9H,18H2,1H3,(H,20,21). The fourth-order valence-electron chi connectivity index (χ4n) is 2.59. The average Bonchev–Trinajstić information content (AvgIpc) is 2.47. The second-order valence-corrected chi connectivity index (χ2v) is 4.87. The third-order valence-electron chi connectivity index (χ3n) is 3.56. The molecule has 3 N–H and O–H groups in total. The van der Waals surface area contributed by atoms with Crippen molar-refractivity contribution in [1.82, 2.24) is 4.98 Å². The summed E-state index contributed by atoms with van der Waals surface area (Å²) in [6, 6.07) is 15.2. The maximum absolute atomic E-state index is 11.5. The number of nitrogens with two attached hydrogens (primary N) is 1. The minimum Gasteiger partial charge on any atom is -0.477 e. The molecule has 0 spiro atoms. The number of anilines is 1. The van der Waals surface area contributed by atoms with Gasteiger partial charge in [0.05, 0.1) is 11.2 Å². The summed E-state index contributed by atoms with van der Waals surface area (Å²) < 4.78 is 0. The Morgan fingerprint density at radius 2 is 1.81 bits per heavy atom. The van der Waals surface area contributed by atoms with E-state index in [1.54, 1.807) is 13.0 Å². The van der Waals surface area contributed by atoms with Gasteiger partial charge < -0.3 is 10.8 Å². The van der Waals surface area contributed by atoms with Crippen LogP contribution in [0.3, 0.4) is 0 Å². The molecule has 3 aromatic rings. The number of para-hydroxylation sites is 1. The van der Waals surface area contributed by atoms with Gasteiger partial charge in [-0.3, -0.25) is 0 Å². The minimum absolute atomic E-state index is 0.0410. The number of carbonyl (C=O) groups is 1. The number of aromatic carboxylic acids is 1. The van der Waals surface area contributed by atoms with Gasteiger partial charge in [-0.05, 0) is 29.7 Å². The van der Waals surface area contributed by atoms with Crippen molar-refractivity contribution >= 4 is 22.6 Å². The van der Waals surface area contributed by atoms with Crippen LogP contribution < -0.4 is 5.73 Å². The zero-order valence-corrected chi connectivity index (χ0v) is 11.5. The quantitative estimate of drug-likeness (QED) is 0.703. The van der Waals surface area contributed by atoms with E-state index in [4.69, 9.17) is 5.73 Å². The van der Waals surface area contributed by atoms with Crippen molar-refractivity contribution in [3.63, 3.8) is 0 Å². The molecule has 21 heavy (non-hydrogen) atoms. The molecule has 2 aromatic carbocycles. The Balaban J connectivity index is 2.49. The maximum Gasteiger partial charge on any atom is 0.354 e. The fourth-order valence-corrected chi connectivity index (χ4v) is 2.59. The van der Waals surface area contributed by atoms with Crippen LogP contribution >= 0.6 is 0 Å². The highest BCUT2D eigenvalue weighted by Crippen LogP contribution is 2.34. The summed E-state index contributed by atoms with van der Waals surface area (Å²) in [5.41, 5.74) is 9.48. The molecule has 0 aliphatic heterocycles. The number of nitrogens with zero attached hydrogens (tertiary/aromatic N) is 1. The van der Waals surface area contributed by atoms with E-state index in [0.29, 0.717) is 16.8 Å². The first-order valence-corrected chi connectivity index (χ1v) is 6.57. The zero-order chi connectivity index (χ0) is 15.0. The summed E-state index contributed by atoms with van der Waals surface area (Å²) in [6.45, 7) is 1.78. The summed E-state index contributed by atoms with van der Waals surface area (Å²) in [6.07, 6.45) is 0. The summed E-state index contributed by atoms with van der Waals surface area (Å²) >= 11 is 0. The Bertz CT molecular complexity index is 842. The van der Waals surface area contributed by atoms with E-state index in [1.165, 1.54) is 0 Å². The second-order valence-electron chi connectivity index (χ2n) is 4.87. The molecular formula is C17H14N2O2. The van der Waals surface area contributed by atoms with E-state index < -0.39 is 5.97 Å². The van der Waals surface area contributed by atoms with Gasteiger partial charge in [0.2, 0.25) is 0 Å². The molecule has 104 valence electrons. The predicted octanol–water partition coefficient (Wildman–Crippen LogP) is 3.49.